The molecular formula is C47H32. The quantitative estimate of drug-likeness (QED) is 0.138. The summed E-state index contributed by atoms with van der Waals surface area (Å²) in [6.07, 6.45) is 0. The molecule has 0 saturated heterocycles. The SMILES string of the molecule is CC1(C)c2ccc3ccccc3c2-c2c1c1ccc(-c3c4ccccc4c(-c4ccccc4)c4ccccc34)cc1c1ccccc21. The molecule has 0 amide bonds. The van der Waals surface area contributed by atoms with Crippen molar-refractivity contribution in [3.05, 3.63) is 169 Å². The standard InChI is InChI=1S/C47H32/c1-47(2)41-27-25-29-14-6-7-17-32(29)44(41)45-34-19-9-8-18-33(34)40-28-31(24-26-39(40)46(45)47)43-37-22-12-10-20-35(37)42(30-15-4-3-5-16-30)36-21-11-13-23-38(36)43/h3-28H,1-2H3. The number of hydrogen-bond donors (Lipinski definition) is 0. The lowest BCUT2D eigenvalue weighted by Gasteiger charge is -2.24. The molecule has 220 valence electrons. The van der Waals surface area contributed by atoms with Gasteiger partial charge in [0.1, 0.15) is 0 Å². The smallest absolute Gasteiger partial charge is 0.0165 e. The molecule has 1 aliphatic carbocycles. The van der Waals surface area contributed by atoms with Gasteiger partial charge in [-0.05, 0) is 104 Å². The largest absolute Gasteiger partial charge is 0.0622 e. The Hall–Kier alpha value is -5.72. The maximum Gasteiger partial charge on any atom is 0.0165 e. The van der Waals surface area contributed by atoms with Crippen molar-refractivity contribution in [3.63, 3.8) is 0 Å². The molecule has 1 aliphatic rings. The molecule has 10 rings (SSSR count). The van der Waals surface area contributed by atoms with Gasteiger partial charge >= 0.3 is 0 Å². The number of rotatable bonds is 2. The molecule has 0 heteroatoms. The van der Waals surface area contributed by atoms with Crippen LogP contribution in [-0.2, 0) is 5.41 Å². The van der Waals surface area contributed by atoms with E-state index in [-0.39, 0.29) is 5.41 Å². The van der Waals surface area contributed by atoms with Crippen LogP contribution in [0.4, 0.5) is 0 Å². The second-order valence-electron chi connectivity index (χ2n) is 13.6. The third-order valence-electron chi connectivity index (χ3n) is 10.8. The lowest BCUT2D eigenvalue weighted by molar-refractivity contribution is 0.667. The van der Waals surface area contributed by atoms with Crippen molar-refractivity contribution in [1.82, 2.24) is 0 Å². The fraction of sp³-hybridized carbons (Fsp3) is 0.0638. The highest BCUT2D eigenvalue weighted by molar-refractivity contribution is 6.24. The third-order valence-corrected chi connectivity index (χ3v) is 10.8. The van der Waals surface area contributed by atoms with E-state index in [0.29, 0.717) is 0 Å². The third kappa shape index (κ3) is 3.59. The van der Waals surface area contributed by atoms with Crippen molar-refractivity contribution < 1.29 is 0 Å². The molecule has 0 aliphatic heterocycles. The van der Waals surface area contributed by atoms with Crippen LogP contribution in [0.3, 0.4) is 0 Å². The summed E-state index contributed by atoms with van der Waals surface area (Å²) in [6.45, 7) is 4.83. The van der Waals surface area contributed by atoms with Crippen LogP contribution in [0, 0.1) is 0 Å². The molecule has 0 fully saturated rings. The van der Waals surface area contributed by atoms with Gasteiger partial charge in [0.05, 0.1) is 0 Å². The van der Waals surface area contributed by atoms with Crippen molar-refractivity contribution in [2.45, 2.75) is 19.3 Å². The van der Waals surface area contributed by atoms with Crippen LogP contribution in [-0.4, -0.2) is 0 Å². The average molecular weight is 597 g/mol. The van der Waals surface area contributed by atoms with Crippen LogP contribution in [0.5, 0.6) is 0 Å². The fourth-order valence-electron chi connectivity index (χ4n) is 8.81. The van der Waals surface area contributed by atoms with E-state index in [4.69, 9.17) is 0 Å². The Labute approximate surface area is 274 Å². The highest BCUT2D eigenvalue weighted by atomic mass is 14.4. The zero-order valence-electron chi connectivity index (χ0n) is 26.5. The van der Waals surface area contributed by atoms with Gasteiger partial charge in [0, 0.05) is 5.41 Å². The van der Waals surface area contributed by atoms with Gasteiger partial charge in [0.2, 0.25) is 0 Å². The summed E-state index contributed by atoms with van der Waals surface area (Å²) in [6, 6.07) is 58.7. The van der Waals surface area contributed by atoms with Gasteiger partial charge in [-0.3, -0.25) is 0 Å². The molecule has 0 N–H and O–H groups in total. The highest BCUT2D eigenvalue weighted by Crippen LogP contribution is 2.57. The van der Waals surface area contributed by atoms with E-state index in [2.05, 4.69) is 172 Å². The van der Waals surface area contributed by atoms with Crippen LogP contribution in [0.25, 0.3) is 87.2 Å². The molecule has 9 aromatic carbocycles. The maximum atomic E-state index is 2.48. The maximum absolute atomic E-state index is 2.48. The summed E-state index contributed by atoms with van der Waals surface area (Å²) in [5.74, 6) is 0. The molecule has 0 atom stereocenters. The molecule has 0 nitrogen and oxygen atoms in total. The average Bonchev–Trinajstić information content (AvgIpc) is 3.38. The van der Waals surface area contributed by atoms with Gasteiger partial charge in [-0.1, -0.05) is 166 Å². The normalized spacial score (nSPS) is 13.5. The monoisotopic (exact) mass is 596 g/mol. The van der Waals surface area contributed by atoms with E-state index in [1.807, 2.05) is 0 Å². The van der Waals surface area contributed by atoms with Crippen LogP contribution in [0.2, 0.25) is 0 Å². The molecule has 47 heavy (non-hydrogen) atoms. The van der Waals surface area contributed by atoms with Crippen molar-refractivity contribution in [2.24, 2.45) is 0 Å². The summed E-state index contributed by atoms with van der Waals surface area (Å²) >= 11 is 0. The second kappa shape index (κ2) is 9.64. The van der Waals surface area contributed by atoms with E-state index in [1.165, 1.54) is 98.4 Å². The lowest BCUT2D eigenvalue weighted by Crippen LogP contribution is -2.15. The minimum absolute atomic E-state index is 0.130. The predicted octanol–water partition coefficient (Wildman–Crippen LogP) is 13.1. The van der Waals surface area contributed by atoms with Crippen LogP contribution < -0.4 is 0 Å². The topological polar surface area (TPSA) is 0 Å². The van der Waals surface area contributed by atoms with Gasteiger partial charge in [0.25, 0.3) is 0 Å². The second-order valence-corrected chi connectivity index (χ2v) is 13.6. The summed E-state index contributed by atoms with van der Waals surface area (Å²) in [7, 11) is 0. The molecule has 0 unspecified atom stereocenters. The van der Waals surface area contributed by atoms with Crippen LogP contribution in [0.15, 0.2) is 158 Å². The molecule has 0 saturated carbocycles. The summed E-state index contributed by atoms with van der Waals surface area (Å²) < 4.78 is 0. The van der Waals surface area contributed by atoms with Gasteiger partial charge in [-0.25, -0.2) is 0 Å². The van der Waals surface area contributed by atoms with Gasteiger partial charge in [-0.2, -0.15) is 0 Å². The Kier molecular flexibility index (Phi) is 5.44. The molecule has 9 aromatic rings. The molecular weight excluding hydrogens is 565 g/mol. The first-order valence-corrected chi connectivity index (χ1v) is 16.6. The fourth-order valence-corrected chi connectivity index (χ4v) is 8.81. The highest BCUT2D eigenvalue weighted by Gasteiger charge is 2.39. The van der Waals surface area contributed by atoms with Gasteiger partial charge < -0.3 is 0 Å². The van der Waals surface area contributed by atoms with Crippen LogP contribution >= 0.6 is 0 Å². The Balaban J connectivity index is 1.33. The Morgan fingerprint density at radius 1 is 0.319 bits per heavy atom. The van der Waals surface area contributed by atoms with E-state index >= 15 is 0 Å². The summed E-state index contributed by atoms with van der Waals surface area (Å²) in [5.41, 5.74) is 10.6. The van der Waals surface area contributed by atoms with E-state index < -0.39 is 0 Å². The number of hydrogen-bond acceptors (Lipinski definition) is 0. The van der Waals surface area contributed by atoms with Crippen molar-refractivity contribution in [2.75, 3.05) is 0 Å². The van der Waals surface area contributed by atoms with E-state index in [1.54, 1.807) is 0 Å². The van der Waals surface area contributed by atoms with Crippen LogP contribution in [0.1, 0.15) is 25.0 Å². The first kappa shape index (κ1) is 26.5. The lowest BCUT2D eigenvalue weighted by atomic mass is 9.78. The predicted molar refractivity (Wildman–Crippen MR) is 202 cm³/mol. The molecule has 0 heterocycles. The number of benzene rings is 9. The molecule has 0 spiro atoms. The van der Waals surface area contributed by atoms with E-state index in [9.17, 15) is 0 Å². The first-order chi connectivity index (χ1) is 23.1. The van der Waals surface area contributed by atoms with Crippen molar-refractivity contribution in [1.29, 1.82) is 0 Å². The minimum atomic E-state index is -0.130. The molecule has 0 aromatic heterocycles. The summed E-state index contributed by atoms with van der Waals surface area (Å²) in [4.78, 5) is 0. The van der Waals surface area contributed by atoms with Gasteiger partial charge in [-0.15, -0.1) is 0 Å². The summed E-state index contributed by atoms with van der Waals surface area (Å²) in [5, 5.41) is 13.1. The first-order valence-electron chi connectivity index (χ1n) is 16.6. The van der Waals surface area contributed by atoms with E-state index in [0.717, 1.165) is 0 Å². The van der Waals surface area contributed by atoms with Crippen molar-refractivity contribution in [3.8, 4) is 33.4 Å². The zero-order chi connectivity index (χ0) is 31.3. The Morgan fingerprint density at radius 3 is 1.47 bits per heavy atom. The van der Waals surface area contributed by atoms with Crippen molar-refractivity contribution >= 4 is 53.9 Å². The Bertz CT molecular complexity index is 2690. The molecule has 0 radical (unpaired) electrons. The Morgan fingerprint density at radius 2 is 0.830 bits per heavy atom. The number of fused-ring (bicyclic) bond motifs is 12. The van der Waals surface area contributed by atoms with Gasteiger partial charge in [0.15, 0.2) is 0 Å². The minimum Gasteiger partial charge on any atom is -0.0622 e. The zero-order valence-corrected chi connectivity index (χ0v) is 26.5. The molecule has 0 bridgehead atoms.